The predicted molar refractivity (Wildman–Crippen MR) is 72.4 cm³/mol. The second-order valence-electron chi connectivity index (χ2n) is 4.34. The summed E-state index contributed by atoms with van der Waals surface area (Å²) in [5, 5.41) is 3.21. The Morgan fingerprint density at radius 1 is 1.47 bits per heavy atom. The number of primary amides is 1. The fraction of sp³-hybridized carbons (Fsp3) is 0.154. The SMILES string of the molecule is Cc1c(C(N)=O)cccc1N1CNc2cncnc21. The molecule has 2 heterocycles. The van der Waals surface area contributed by atoms with Crippen molar-refractivity contribution in [2.45, 2.75) is 6.92 Å². The van der Waals surface area contributed by atoms with Gasteiger partial charge in [0.2, 0.25) is 5.91 Å². The van der Waals surface area contributed by atoms with Crippen LogP contribution in [0.1, 0.15) is 15.9 Å². The number of aromatic nitrogens is 2. The molecule has 1 aromatic heterocycles. The number of carbonyl (C=O) groups excluding carboxylic acids is 1. The molecule has 19 heavy (non-hydrogen) atoms. The van der Waals surface area contributed by atoms with E-state index in [1.54, 1.807) is 12.3 Å². The molecule has 0 saturated heterocycles. The summed E-state index contributed by atoms with van der Waals surface area (Å²) in [6, 6.07) is 5.49. The fourth-order valence-electron chi connectivity index (χ4n) is 2.28. The van der Waals surface area contributed by atoms with Gasteiger partial charge in [-0.05, 0) is 24.6 Å². The minimum Gasteiger partial charge on any atom is -0.366 e. The van der Waals surface area contributed by atoms with Crippen LogP contribution in [0.5, 0.6) is 0 Å². The normalized spacial score (nSPS) is 13.0. The number of nitrogens with one attached hydrogen (secondary N) is 1. The molecule has 0 saturated carbocycles. The molecule has 2 aromatic rings. The summed E-state index contributed by atoms with van der Waals surface area (Å²) in [6.07, 6.45) is 3.24. The molecule has 3 rings (SSSR count). The second kappa shape index (κ2) is 4.24. The van der Waals surface area contributed by atoms with E-state index >= 15 is 0 Å². The molecule has 6 heteroatoms. The summed E-state index contributed by atoms with van der Waals surface area (Å²) >= 11 is 0. The highest BCUT2D eigenvalue weighted by Gasteiger charge is 2.23. The fourth-order valence-corrected chi connectivity index (χ4v) is 2.28. The van der Waals surface area contributed by atoms with E-state index in [1.807, 2.05) is 24.0 Å². The molecule has 0 aliphatic carbocycles. The van der Waals surface area contributed by atoms with Gasteiger partial charge < -0.3 is 16.0 Å². The van der Waals surface area contributed by atoms with Crippen molar-refractivity contribution in [3.05, 3.63) is 41.9 Å². The Bertz CT molecular complexity index is 655. The Hall–Kier alpha value is -2.63. The van der Waals surface area contributed by atoms with Crippen LogP contribution in [0.2, 0.25) is 0 Å². The maximum absolute atomic E-state index is 11.4. The maximum Gasteiger partial charge on any atom is 0.249 e. The Morgan fingerprint density at radius 2 is 2.32 bits per heavy atom. The van der Waals surface area contributed by atoms with Gasteiger partial charge in [-0.1, -0.05) is 6.07 Å². The molecule has 3 N–H and O–H groups in total. The number of carbonyl (C=O) groups is 1. The third-order valence-corrected chi connectivity index (χ3v) is 3.24. The molecule has 1 aliphatic rings. The van der Waals surface area contributed by atoms with Gasteiger partial charge in [-0.15, -0.1) is 0 Å². The van der Waals surface area contributed by atoms with E-state index in [0.717, 1.165) is 22.8 Å². The monoisotopic (exact) mass is 255 g/mol. The number of amides is 1. The van der Waals surface area contributed by atoms with Crippen LogP contribution < -0.4 is 16.0 Å². The number of rotatable bonds is 2. The summed E-state index contributed by atoms with van der Waals surface area (Å²) in [5.41, 5.74) is 8.55. The van der Waals surface area contributed by atoms with Crippen molar-refractivity contribution in [2.75, 3.05) is 16.9 Å². The van der Waals surface area contributed by atoms with Gasteiger partial charge >= 0.3 is 0 Å². The third kappa shape index (κ3) is 1.77. The number of nitrogens with zero attached hydrogens (tertiary/aromatic N) is 3. The van der Waals surface area contributed by atoms with E-state index in [4.69, 9.17) is 5.73 Å². The van der Waals surface area contributed by atoms with Crippen LogP contribution in [0.4, 0.5) is 17.2 Å². The van der Waals surface area contributed by atoms with E-state index in [-0.39, 0.29) is 0 Å². The summed E-state index contributed by atoms with van der Waals surface area (Å²) in [5.74, 6) is 0.383. The van der Waals surface area contributed by atoms with Gasteiger partial charge in [-0.25, -0.2) is 9.97 Å². The van der Waals surface area contributed by atoms with Crippen LogP contribution in [0.3, 0.4) is 0 Å². The summed E-state index contributed by atoms with van der Waals surface area (Å²) in [6.45, 7) is 2.48. The number of hydrogen-bond acceptors (Lipinski definition) is 5. The van der Waals surface area contributed by atoms with Crippen LogP contribution in [-0.4, -0.2) is 22.5 Å². The maximum atomic E-state index is 11.4. The first kappa shape index (κ1) is 11.5. The van der Waals surface area contributed by atoms with Crippen molar-refractivity contribution in [2.24, 2.45) is 5.73 Å². The zero-order valence-corrected chi connectivity index (χ0v) is 10.4. The zero-order chi connectivity index (χ0) is 13.4. The molecular formula is C13H13N5O. The largest absolute Gasteiger partial charge is 0.366 e. The van der Waals surface area contributed by atoms with Gasteiger partial charge in [-0.2, -0.15) is 0 Å². The molecule has 1 aliphatic heterocycles. The average Bonchev–Trinajstić information content (AvgIpc) is 2.82. The first-order valence-electron chi connectivity index (χ1n) is 5.89. The lowest BCUT2D eigenvalue weighted by molar-refractivity contribution is 0.1000. The molecule has 0 bridgehead atoms. The molecular weight excluding hydrogens is 242 g/mol. The first-order valence-corrected chi connectivity index (χ1v) is 5.89. The standard InChI is InChI=1S/C13H13N5O/c1-8-9(12(14)19)3-2-4-11(8)18-7-17-10-5-15-6-16-13(10)18/h2-6,17H,7H2,1H3,(H2,14,19). The van der Waals surface area contributed by atoms with Crippen molar-refractivity contribution in [3.63, 3.8) is 0 Å². The minimum absolute atomic E-state index is 0.422. The highest BCUT2D eigenvalue weighted by molar-refractivity contribution is 5.96. The summed E-state index contributed by atoms with van der Waals surface area (Å²) in [7, 11) is 0. The lowest BCUT2D eigenvalue weighted by Gasteiger charge is -2.20. The predicted octanol–water partition coefficient (Wildman–Crippen LogP) is 1.41. The number of fused-ring (bicyclic) bond motifs is 1. The first-order chi connectivity index (χ1) is 9.18. The number of anilines is 3. The van der Waals surface area contributed by atoms with Crippen molar-refractivity contribution >= 4 is 23.1 Å². The van der Waals surface area contributed by atoms with Gasteiger partial charge in [0.25, 0.3) is 0 Å². The molecule has 0 spiro atoms. The molecule has 6 nitrogen and oxygen atoms in total. The molecule has 0 radical (unpaired) electrons. The molecule has 0 atom stereocenters. The number of benzene rings is 1. The molecule has 0 fully saturated rings. The van der Waals surface area contributed by atoms with Gasteiger partial charge in [-0.3, -0.25) is 4.79 Å². The quantitative estimate of drug-likeness (QED) is 0.847. The van der Waals surface area contributed by atoms with Gasteiger partial charge in [0.15, 0.2) is 5.82 Å². The van der Waals surface area contributed by atoms with E-state index < -0.39 is 5.91 Å². The van der Waals surface area contributed by atoms with Crippen LogP contribution in [0.15, 0.2) is 30.7 Å². The highest BCUT2D eigenvalue weighted by atomic mass is 16.1. The number of nitrogens with two attached hydrogens (primary N) is 1. The van der Waals surface area contributed by atoms with Crippen molar-refractivity contribution < 1.29 is 4.79 Å². The van der Waals surface area contributed by atoms with Crippen LogP contribution in [0, 0.1) is 6.92 Å². The molecule has 1 amide bonds. The lowest BCUT2D eigenvalue weighted by Crippen LogP contribution is -2.20. The van der Waals surface area contributed by atoms with Crippen LogP contribution in [0.25, 0.3) is 0 Å². The summed E-state index contributed by atoms with van der Waals surface area (Å²) in [4.78, 5) is 21.6. The van der Waals surface area contributed by atoms with E-state index in [1.165, 1.54) is 6.33 Å². The molecule has 96 valence electrons. The molecule has 1 aromatic carbocycles. The van der Waals surface area contributed by atoms with Crippen LogP contribution >= 0.6 is 0 Å². The van der Waals surface area contributed by atoms with Gasteiger partial charge in [0.05, 0.1) is 18.6 Å². The number of hydrogen-bond donors (Lipinski definition) is 2. The van der Waals surface area contributed by atoms with Gasteiger partial charge in [0.1, 0.15) is 6.33 Å². The highest BCUT2D eigenvalue weighted by Crippen LogP contribution is 2.36. The van der Waals surface area contributed by atoms with Crippen LogP contribution in [-0.2, 0) is 0 Å². The summed E-state index contributed by atoms with van der Waals surface area (Å²) < 4.78 is 0. The minimum atomic E-state index is -0.422. The van der Waals surface area contributed by atoms with E-state index in [0.29, 0.717) is 12.2 Å². The topological polar surface area (TPSA) is 84.1 Å². The lowest BCUT2D eigenvalue weighted by atomic mass is 10.1. The Balaban J connectivity index is 2.10. The third-order valence-electron chi connectivity index (χ3n) is 3.24. The average molecular weight is 255 g/mol. The van der Waals surface area contributed by atoms with Crippen molar-refractivity contribution in [3.8, 4) is 0 Å². The smallest absolute Gasteiger partial charge is 0.249 e. The Kier molecular flexibility index (Phi) is 2.56. The van der Waals surface area contributed by atoms with Gasteiger partial charge in [0, 0.05) is 11.3 Å². The van der Waals surface area contributed by atoms with E-state index in [2.05, 4.69) is 15.3 Å². The zero-order valence-electron chi connectivity index (χ0n) is 10.4. The van der Waals surface area contributed by atoms with Crippen molar-refractivity contribution in [1.29, 1.82) is 0 Å². The van der Waals surface area contributed by atoms with Crippen molar-refractivity contribution in [1.82, 2.24) is 9.97 Å². The Labute approximate surface area is 110 Å². The molecule has 0 unspecified atom stereocenters. The second-order valence-corrected chi connectivity index (χ2v) is 4.34. The van der Waals surface area contributed by atoms with E-state index in [9.17, 15) is 4.79 Å². The Morgan fingerprint density at radius 3 is 3.11 bits per heavy atom.